The standard InChI is InChI=1S/C18H21N5O2S/c1-4-8-19-17(24)15-10-25-16(20-15)11-26-18-22-21-13(3)23(18)14-7-5-6-12(2)9-14/h5-7,9-10H,4,8,11H2,1-3H3,(H,19,24). The van der Waals surface area contributed by atoms with E-state index in [2.05, 4.69) is 26.6 Å². The number of oxazole rings is 1. The van der Waals surface area contributed by atoms with Crippen molar-refractivity contribution < 1.29 is 9.21 Å². The van der Waals surface area contributed by atoms with Crippen LogP contribution in [0.4, 0.5) is 0 Å². The minimum atomic E-state index is -0.217. The van der Waals surface area contributed by atoms with E-state index in [-0.39, 0.29) is 5.91 Å². The Morgan fingerprint density at radius 1 is 1.31 bits per heavy atom. The van der Waals surface area contributed by atoms with Crippen LogP contribution in [0.15, 0.2) is 40.1 Å². The molecule has 0 saturated heterocycles. The summed E-state index contributed by atoms with van der Waals surface area (Å²) >= 11 is 1.47. The van der Waals surface area contributed by atoms with E-state index in [1.807, 2.05) is 43.5 Å². The Labute approximate surface area is 156 Å². The Balaban J connectivity index is 1.71. The van der Waals surface area contributed by atoms with Gasteiger partial charge < -0.3 is 9.73 Å². The molecule has 0 aliphatic carbocycles. The van der Waals surface area contributed by atoms with Crippen LogP contribution >= 0.6 is 11.8 Å². The minimum Gasteiger partial charge on any atom is -0.447 e. The fourth-order valence-electron chi connectivity index (χ4n) is 2.44. The molecule has 0 atom stereocenters. The highest BCUT2D eigenvalue weighted by atomic mass is 32.2. The van der Waals surface area contributed by atoms with E-state index in [4.69, 9.17) is 4.42 Å². The Hall–Kier alpha value is -2.61. The Morgan fingerprint density at radius 2 is 2.15 bits per heavy atom. The molecule has 0 spiro atoms. The lowest BCUT2D eigenvalue weighted by Crippen LogP contribution is -2.24. The van der Waals surface area contributed by atoms with Gasteiger partial charge in [-0.3, -0.25) is 9.36 Å². The highest BCUT2D eigenvalue weighted by molar-refractivity contribution is 7.98. The van der Waals surface area contributed by atoms with Crippen molar-refractivity contribution in [3.8, 4) is 5.69 Å². The van der Waals surface area contributed by atoms with Crippen LogP contribution in [0.1, 0.15) is 41.1 Å². The van der Waals surface area contributed by atoms with Crippen molar-refractivity contribution in [3.63, 3.8) is 0 Å². The van der Waals surface area contributed by atoms with Crippen LogP contribution in [0.5, 0.6) is 0 Å². The predicted octanol–water partition coefficient (Wildman–Crippen LogP) is 3.30. The molecule has 3 aromatic rings. The number of hydrogen-bond acceptors (Lipinski definition) is 6. The maximum atomic E-state index is 11.9. The average molecular weight is 371 g/mol. The second-order valence-corrected chi connectivity index (χ2v) is 6.82. The number of nitrogens with zero attached hydrogens (tertiary/aromatic N) is 4. The monoisotopic (exact) mass is 371 g/mol. The van der Waals surface area contributed by atoms with E-state index in [0.717, 1.165) is 23.1 Å². The van der Waals surface area contributed by atoms with Crippen molar-refractivity contribution in [2.75, 3.05) is 6.54 Å². The van der Waals surface area contributed by atoms with Crippen LogP contribution in [0.3, 0.4) is 0 Å². The molecule has 2 heterocycles. The molecule has 0 saturated carbocycles. The summed E-state index contributed by atoms with van der Waals surface area (Å²) < 4.78 is 7.40. The van der Waals surface area contributed by atoms with E-state index in [1.54, 1.807) is 0 Å². The van der Waals surface area contributed by atoms with Gasteiger partial charge in [0.1, 0.15) is 12.1 Å². The fourth-order valence-corrected chi connectivity index (χ4v) is 3.29. The van der Waals surface area contributed by atoms with E-state index in [1.165, 1.54) is 23.6 Å². The van der Waals surface area contributed by atoms with Crippen molar-refractivity contribution in [1.29, 1.82) is 0 Å². The van der Waals surface area contributed by atoms with Crippen molar-refractivity contribution in [2.24, 2.45) is 0 Å². The number of benzene rings is 1. The number of carbonyl (C=O) groups is 1. The summed E-state index contributed by atoms with van der Waals surface area (Å²) in [4.78, 5) is 16.1. The lowest BCUT2D eigenvalue weighted by Gasteiger charge is -2.08. The summed E-state index contributed by atoms with van der Waals surface area (Å²) in [5, 5.41) is 12.0. The van der Waals surface area contributed by atoms with Crippen LogP contribution in [-0.2, 0) is 5.75 Å². The molecular formula is C18H21N5O2S. The smallest absolute Gasteiger partial charge is 0.273 e. The normalized spacial score (nSPS) is 10.9. The maximum Gasteiger partial charge on any atom is 0.273 e. The van der Waals surface area contributed by atoms with E-state index in [9.17, 15) is 4.79 Å². The van der Waals surface area contributed by atoms with Crippen LogP contribution in [0.25, 0.3) is 5.69 Å². The zero-order valence-corrected chi connectivity index (χ0v) is 15.8. The molecule has 0 unspecified atom stereocenters. The van der Waals surface area contributed by atoms with E-state index in [0.29, 0.717) is 23.9 Å². The van der Waals surface area contributed by atoms with Gasteiger partial charge in [0.05, 0.1) is 5.75 Å². The van der Waals surface area contributed by atoms with Gasteiger partial charge in [-0.1, -0.05) is 30.8 Å². The van der Waals surface area contributed by atoms with Crippen LogP contribution < -0.4 is 5.32 Å². The van der Waals surface area contributed by atoms with Gasteiger partial charge in [-0.2, -0.15) is 0 Å². The second-order valence-electron chi connectivity index (χ2n) is 5.88. The fraction of sp³-hybridized carbons (Fsp3) is 0.333. The largest absolute Gasteiger partial charge is 0.447 e. The van der Waals surface area contributed by atoms with Gasteiger partial charge in [-0.15, -0.1) is 10.2 Å². The third-order valence-electron chi connectivity index (χ3n) is 3.70. The molecule has 2 aromatic heterocycles. The predicted molar refractivity (Wildman–Crippen MR) is 99.5 cm³/mol. The quantitative estimate of drug-likeness (QED) is 0.641. The molecule has 136 valence electrons. The van der Waals surface area contributed by atoms with E-state index < -0.39 is 0 Å². The highest BCUT2D eigenvalue weighted by Gasteiger charge is 2.15. The van der Waals surface area contributed by atoms with Crippen molar-refractivity contribution in [1.82, 2.24) is 25.1 Å². The third kappa shape index (κ3) is 4.13. The molecule has 0 radical (unpaired) electrons. The zero-order valence-electron chi connectivity index (χ0n) is 15.0. The molecule has 26 heavy (non-hydrogen) atoms. The van der Waals surface area contributed by atoms with Crippen LogP contribution in [0, 0.1) is 13.8 Å². The molecule has 1 amide bonds. The number of nitrogens with one attached hydrogen (secondary N) is 1. The van der Waals surface area contributed by atoms with Gasteiger partial charge >= 0.3 is 0 Å². The van der Waals surface area contributed by atoms with Crippen LogP contribution in [0.2, 0.25) is 0 Å². The Morgan fingerprint density at radius 3 is 2.92 bits per heavy atom. The lowest BCUT2D eigenvalue weighted by atomic mass is 10.2. The van der Waals surface area contributed by atoms with Crippen LogP contribution in [-0.4, -0.2) is 32.2 Å². The average Bonchev–Trinajstić information content (AvgIpc) is 3.24. The van der Waals surface area contributed by atoms with E-state index >= 15 is 0 Å². The summed E-state index contributed by atoms with van der Waals surface area (Å²) in [5.74, 6) is 1.54. The minimum absolute atomic E-state index is 0.217. The Bertz CT molecular complexity index is 903. The molecule has 0 aliphatic rings. The molecular weight excluding hydrogens is 350 g/mol. The van der Waals surface area contributed by atoms with Crippen molar-refractivity contribution in [3.05, 3.63) is 53.5 Å². The summed E-state index contributed by atoms with van der Waals surface area (Å²) in [6.45, 7) is 6.58. The lowest BCUT2D eigenvalue weighted by molar-refractivity contribution is 0.0948. The first-order valence-electron chi connectivity index (χ1n) is 8.43. The molecule has 1 aromatic carbocycles. The number of carbonyl (C=O) groups excluding carboxylic acids is 1. The first kappa shape index (κ1) is 18.2. The SMILES string of the molecule is CCCNC(=O)c1coc(CSc2nnc(C)n2-c2cccc(C)c2)n1. The molecule has 1 N–H and O–H groups in total. The summed E-state index contributed by atoms with van der Waals surface area (Å²) in [7, 11) is 0. The second kappa shape index (κ2) is 8.18. The van der Waals surface area contributed by atoms with Gasteiger partial charge in [0.15, 0.2) is 10.9 Å². The number of aromatic nitrogens is 4. The van der Waals surface area contributed by atoms with Gasteiger partial charge in [-0.05, 0) is 38.0 Å². The number of aryl methyl sites for hydroxylation is 2. The van der Waals surface area contributed by atoms with Gasteiger partial charge in [0.25, 0.3) is 5.91 Å². The topological polar surface area (TPSA) is 85.8 Å². The number of hydrogen-bond donors (Lipinski definition) is 1. The number of rotatable bonds is 7. The molecule has 3 rings (SSSR count). The number of amides is 1. The third-order valence-corrected chi connectivity index (χ3v) is 4.61. The molecule has 0 fully saturated rings. The number of thioether (sulfide) groups is 1. The van der Waals surface area contributed by atoms with Gasteiger partial charge in [-0.25, -0.2) is 4.98 Å². The first-order chi connectivity index (χ1) is 12.6. The zero-order chi connectivity index (χ0) is 18.5. The van der Waals surface area contributed by atoms with Crippen molar-refractivity contribution in [2.45, 2.75) is 38.1 Å². The Kier molecular flexibility index (Phi) is 5.72. The summed E-state index contributed by atoms with van der Waals surface area (Å²) in [6, 6.07) is 8.16. The maximum absolute atomic E-state index is 11.9. The first-order valence-corrected chi connectivity index (χ1v) is 9.41. The highest BCUT2D eigenvalue weighted by Crippen LogP contribution is 2.25. The molecule has 0 aliphatic heterocycles. The van der Waals surface area contributed by atoms with Gasteiger partial charge in [0.2, 0.25) is 5.89 Å². The summed E-state index contributed by atoms with van der Waals surface area (Å²) in [6.07, 6.45) is 2.26. The van der Waals surface area contributed by atoms with Crippen molar-refractivity contribution >= 4 is 17.7 Å². The van der Waals surface area contributed by atoms with Gasteiger partial charge in [0, 0.05) is 12.2 Å². The summed E-state index contributed by atoms with van der Waals surface area (Å²) in [5.41, 5.74) is 2.48. The molecule has 8 heteroatoms. The molecule has 0 bridgehead atoms. The molecule has 7 nitrogen and oxygen atoms in total.